The number of carbonyl (C=O) groups excluding carboxylic acids is 1. The molecule has 4 saturated carbocycles. The van der Waals surface area contributed by atoms with E-state index in [1.165, 1.54) is 43.2 Å². The fraction of sp³-hybridized carbons (Fsp3) is 0.444. The van der Waals surface area contributed by atoms with E-state index in [2.05, 4.69) is 5.32 Å². The highest BCUT2D eigenvalue weighted by molar-refractivity contribution is 8.00. The first kappa shape index (κ1) is 21.1. The summed E-state index contributed by atoms with van der Waals surface area (Å²) in [5.74, 6) is 3.11. The van der Waals surface area contributed by atoms with Gasteiger partial charge in [0, 0.05) is 16.5 Å². The number of fused-ring (bicyclic) bond motifs is 1. The molecule has 2 aromatic carbocycles. The number of nitrogens with zero attached hydrogens (tertiary/aromatic N) is 2. The summed E-state index contributed by atoms with van der Waals surface area (Å²) in [5.41, 5.74) is 2.74. The summed E-state index contributed by atoms with van der Waals surface area (Å²) < 4.78 is 13.4. The number of thioether (sulfide) groups is 1. The van der Waals surface area contributed by atoms with E-state index in [0.717, 1.165) is 64.1 Å². The lowest BCUT2D eigenvalue weighted by Crippen LogP contribution is -2.60. The Kier molecular flexibility index (Phi) is 5.17. The van der Waals surface area contributed by atoms with Crippen molar-refractivity contribution in [2.45, 2.75) is 56.0 Å². The Balaban J connectivity index is 1.24. The van der Waals surface area contributed by atoms with Gasteiger partial charge in [-0.3, -0.25) is 4.79 Å². The fourth-order valence-electron chi connectivity index (χ4n) is 6.78. The molecule has 4 fully saturated rings. The molecule has 6 heteroatoms. The lowest BCUT2D eigenvalue weighted by atomic mass is 9.53. The van der Waals surface area contributed by atoms with Crippen LogP contribution in [0, 0.1) is 30.5 Å². The third-order valence-corrected chi connectivity index (χ3v) is 8.69. The molecule has 1 amide bonds. The number of amides is 1. The largest absolute Gasteiger partial charge is 0.350 e. The van der Waals surface area contributed by atoms with Crippen LogP contribution >= 0.6 is 11.8 Å². The van der Waals surface area contributed by atoms with Gasteiger partial charge in [-0.25, -0.2) is 14.4 Å². The summed E-state index contributed by atoms with van der Waals surface area (Å²) in [6.07, 6.45) is 7.55. The molecular weight excluding hydrogens is 433 g/mol. The summed E-state index contributed by atoms with van der Waals surface area (Å²) in [5, 5.41) is 5.19. The topological polar surface area (TPSA) is 54.9 Å². The van der Waals surface area contributed by atoms with Gasteiger partial charge < -0.3 is 5.32 Å². The molecule has 1 N–H and O–H groups in total. The van der Waals surface area contributed by atoms with Crippen LogP contribution in [0.1, 0.15) is 44.1 Å². The molecular formula is C27H28FN3OS. The SMILES string of the molecule is Cc1ccc2c(SCC(=O)NC34CC5CC(CC(C5)C3)C4)nc(-c3ccc(F)cc3)nc2c1. The zero-order valence-electron chi connectivity index (χ0n) is 18.8. The molecule has 4 aliphatic rings. The van der Waals surface area contributed by atoms with Crippen LogP contribution in [0.2, 0.25) is 0 Å². The van der Waals surface area contributed by atoms with Crippen LogP contribution in [0.15, 0.2) is 47.5 Å². The summed E-state index contributed by atoms with van der Waals surface area (Å²) >= 11 is 1.47. The van der Waals surface area contributed by atoms with E-state index in [4.69, 9.17) is 9.97 Å². The number of halogens is 1. The van der Waals surface area contributed by atoms with E-state index in [-0.39, 0.29) is 17.3 Å². The number of carbonyl (C=O) groups is 1. The quantitative estimate of drug-likeness (QED) is 0.378. The number of aromatic nitrogens is 2. The van der Waals surface area contributed by atoms with Crippen LogP contribution in [0.25, 0.3) is 22.3 Å². The normalized spacial score (nSPS) is 27.8. The van der Waals surface area contributed by atoms with Crippen LogP contribution < -0.4 is 5.32 Å². The Morgan fingerprint density at radius 3 is 2.36 bits per heavy atom. The Morgan fingerprint density at radius 1 is 1.03 bits per heavy atom. The predicted molar refractivity (Wildman–Crippen MR) is 129 cm³/mol. The monoisotopic (exact) mass is 461 g/mol. The number of aryl methyl sites for hydroxylation is 1. The van der Waals surface area contributed by atoms with Gasteiger partial charge in [0.15, 0.2) is 5.82 Å². The number of hydrogen-bond donors (Lipinski definition) is 1. The van der Waals surface area contributed by atoms with E-state index in [0.29, 0.717) is 11.6 Å². The molecule has 0 unspecified atom stereocenters. The van der Waals surface area contributed by atoms with E-state index in [1.54, 1.807) is 12.1 Å². The minimum Gasteiger partial charge on any atom is -0.350 e. The maximum Gasteiger partial charge on any atom is 0.230 e. The van der Waals surface area contributed by atoms with Gasteiger partial charge in [0.25, 0.3) is 0 Å². The average molecular weight is 462 g/mol. The Bertz CT molecular complexity index is 1190. The lowest BCUT2D eigenvalue weighted by molar-refractivity contribution is -0.124. The summed E-state index contributed by atoms with van der Waals surface area (Å²) in [6.45, 7) is 2.03. The summed E-state index contributed by atoms with van der Waals surface area (Å²) in [7, 11) is 0. The van der Waals surface area contributed by atoms with Gasteiger partial charge in [-0.15, -0.1) is 0 Å². The summed E-state index contributed by atoms with van der Waals surface area (Å²) in [4.78, 5) is 22.6. The molecule has 4 nitrogen and oxygen atoms in total. The molecule has 0 aliphatic heterocycles. The second kappa shape index (κ2) is 8.08. The molecule has 33 heavy (non-hydrogen) atoms. The maximum atomic E-state index is 13.4. The van der Waals surface area contributed by atoms with E-state index >= 15 is 0 Å². The zero-order valence-corrected chi connectivity index (χ0v) is 19.6. The smallest absolute Gasteiger partial charge is 0.230 e. The van der Waals surface area contributed by atoms with Crippen LogP contribution in [0.3, 0.4) is 0 Å². The van der Waals surface area contributed by atoms with Gasteiger partial charge in [-0.05, 0) is 105 Å². The molecule has 3 aromatic rings. The van der Waals surface area contributed by atoms with Crippen molar-refractivity contribution in [3.05, 3.63) is 53.8 Å². The number of hydrogen-bond acceptors (Lipinski definition) is 4. The number of benzene rings is 2. The summed E-state index contributed by atoms with van der Waals surface area (Å²) in [6, 6.07) is 12.3. The van der Waals surface area contributed by atoms with Crippen molar-refractivity contribution in [1.82, 2.24) is 15.3 Å². The highest BCUT2D eigenvalue weighted by atomic mass is 32.2. The minimum absolute atomic E-state index is 0.0243. The van der Waals surface area contributed by atoms with Crippen LogP contribution in [-0.2, 0) is 4.79 Å². The van der Waals surface area contributed by atoms with Crippen LogP contribution in [-0.4, -0.2) is 27.2 Å². The minimum atomic E-state index is -0.286. The van der Waals surface area contributed by atoms with Crippen molar-refractivity contribution in [3.8, 4) is 11.4 Å². The first-order valence-corrected chi connectivity index (χ1v) is 12.9. The molecule has 1 aromatic heterocycles. The van der Waals surface area contributed by atoms with Crippen LogP contribution in [0.4, 0.5) is 4.39 Å². The Hall–Kier alpha value is -2.47. The lowest BCUT2D eigenvalue weighted by Gasteiger charge is -2.56. The van der Waals surface area contributed by atoms with Crippen molar-refractivity contribution in [2.75, 3.05) is 5.75 Å². The van der Waals surface area contributed by atoms with Gasteiger partial charge in [0.2, 0.25) is 5.91 Å². The number of nitrogens with one attached hydrogen (secondary N) is 1. The first-order valence-electron chi connectivity index (χ1n) is 11.9. The van der Waals surface area contributed by atoms with Gasteiger partial charge in [-0.1, -0.05) is 17.8 Å². The maximum absolute atomic E-state index is 13.4. The molecule has 170 valence electrons. The third-order valence-electron chi connectivity index (χ3n) is 7.70. The van der Waals surface area contributed by atoms with Crippen molar-refractivity contribution in [3.63, 3.8) is 0 Å². The third kappa shape index (κ3) is 4.14. The highest BCUT2D eigenvalue weighted by Crippen LogP contribution is 2.55. The first-order chi connectivity index (χ1) is 15.9. The van der Waals surface area contributed by atoms with Crippen molar-refractivity contribution in [1.29, 1.82) is 0 Å². The second-order valence-electron chi connectivity index (χ2n) is 10.4. The Morgan fingerprint density at radius 2 is 1.70 bits per heavy atom. The molecule has 0 spiro atoms. The van der Waals surface area contributed by atoms with Crippen molar-refractivity contribution >= 4 is 28.6 Å². The molecule has 4 aliphatic carbocycles. The van der Waals surface area contributed by atoms with Gasteiger partial charge in [0.05, 0.1) is 11.3 Å². The van der Waals surface area contributed by atoms with Gasteiger partial charge in [-0.2, -0.15) is 0 Å². The highest BCUT2D eigenvalue weighted by Gasteiger charge is 2.51. The fourth-order valence-corrected chi connectivity index (χ4v) is 7.60. The van der Waals surface area contributed by atoms with E-state index in [1.807, 2.05) is 25.1 Å². The van der Waals surface area contributed by atoms with E-state index < -0.39 is 0 Å². The average Bonchev–Trinajstić information content (AvgIpc) is 2.76. The van der Waals surface area contributed by atoms with Gasteiger partial charge >= 0.3 is 0 Å². The van der Waals surface area contributed by atoms with Crippen molar-refractivity contribution < 1.29 is 9.18 Å². The molecule has 7 rings (SSSR count). The predicted octanol–water partition coefficient (Wildman–Crippen LogP) is 5.92. The molecule has 4 bridgehead atoms. The molecule has 1 heterocycles. The van der Waals surface area contributed by atoms with Crippen LogP contribution in [0.5, 0.6) is 0 Å². The second-order valence-corrected chi connectivity index (χ2v) is 11.4. The Labute approximate surface area is 197 Å². The number of rotatable bonds is 5. The van der Waals surface area contributed by atoms with E-state index in [9.17, 15) is 9.18 Å². The standard InChI is InChI=1S/C27H28FN3OS/c1-16-2-7-22-23(8-16)29-25(20-3-5-21(28)6-4-20)30-26(22)33-15-24(32)31-27-12-17-9-18(13-27)11-19(10-17)14-27/h2-8,17-19H,9-15H2,1H3,(H,31,32). The van der Waals surface area contributed by atoms with Crippen molar-refractivity contribution in [2.24, 2.45) is 17.8 Å². The molecule has 0 atom stereocenters. The zero-order chi connectivity index (χ0) is 22.6. The van der Waals surface area contributed by atoms with Gasteiger partial charge in [0.1, 0.15) is 10.8 Å². The molecule has 0 radical (unpaired) electrons. The molecule has 0 saturated heterocycles.